The average molecular weight is 244 g/mol. The van der Waals surface area contributed by atoms with Crippen molar-refractivity contribution in [1.82, 2.24) is 0 Å². The minimum atomic E-state index is 0.980. The molecule has 0 saturated heterocycles. The summed E-state index contributed by atoms with van der Waals surface area (Å²) >= 11 is 0. The van der Waals surface area contributed by atoms with Gasteiger partial charge in [-0.1, -0.05) is 78.9 Å². The van der Waals surface area contributed by atoms with Gasteiger partial charge in [-0.15, -0.1) is 0 Å². The topological polar surface area (TPSA) is 0 Å². The molecule has 19 heavy (non-hydrogen) atoms. The molecule has 0 aromatic heterocycles. The van der Waals surface area contributed by atoms with Gasteiger partial charge in [0.05, 0.1) is 0 Å². The number of rotatable bonds is 3. The van der Waals surface area contributed by atoms with Crippen LogP contribution in [-0.2, 0) is 6.42 Å². The Balaban J connectivity index is 1.78. The monoisotopic (exact) mass is 244 g/mol. The second-order valence-electron chi connectivity index (χ2n) is 4.70. The van der Waals surface area contributed by atoms with Crippen LogP contribution < -0.4 is 0 Å². The Hall–Kier alpha value is -2.34. The molecule has 3 aromatic carbocycles. The fourth-order valence-corrected chi connectivity index (χ4v) is 2.26. The van der Waals surface area contributed by atoms with E-state index in [0.29, 0.717) is 0 Å². The van der Waals surface area contributed by atoms with Crippen LogP contribution in [-0.4, -0.2) is 0 Å². The molecule has 0 N–H and O–H groups in total. The van der Waals surface area contributed by atoms with E-state index >= 15 is 0 Å². The van der Waals surface area contributed by atoms with Gasteiger partial charge in [0, 0.05) is 0 Å². The molecule has 0 saturated carbocycles. The summed E-state index contributed by atoms with van der Waals surface area (Å²) in [4.78, 5) is 0. The molecule has 3 aromatic rings. The van der Waals surface area contributed by atoms with Gasteiger partial charge in [-0.25, -0.2) is 0 Å². The maximum Gasteiger partial charge on any atom is -0.00941 e. The van der Waals surface area contributed by atoms with Crippen LogP contribution in [0, 0.1) is 0 Å². The third-order valence-corrected chi connectivity index (χ3v) is 3.28. The predicted octanol–water partition coefficient (Wildman–Crippen LogP) is 5.10. The van der Waals surface area contributed by atoms with Crippen molar-refractivity contribution >= 4 is 16.8 Å². The number of hydrogen-bond acceptors (Lipinski definition) is 0. The highest BCUT2D eigenvalue weighted by Gasteiger charge is 1.93. The summed E-state index contributed by atoms with van der Waals surface area (Å²) in [6.45, 7) is 0. The Morgan fingerprint density at radius 3 is 2.26 bits per heavy atom. The smallest absolute Gasteiger partial charge is 0.00941 e. The quantitative estimate of drug-likeness (QED) is 0.601. The molecule has 3 rings (SSSR count). The van der Waals surface area contributed by atoms with E-state index < -0.39 is 0 Å². The van der Waals surface area contributed by atoms with E-state index in [-0.39, 0.29) is 0 Å². The van der Waals surface area contributed by atoms with Crippen LogP contribution in [0.15, 0.2) is 78.9 Å². The minimum absolute atomic E-state index is 0.980. The molecule has 0 fully saturated rings. The standard InChI is InChI=1S/C19H16/c1-2-7-16(8-3-1)9-6-10-17-13-14-18-11-4-5-12-19(18)15-17/h1-8,10-15H,9H2. The Kier molecular flexibility index (Phi) is 3.42. The van der Waals surface area contributed by atoms with Crippen molar-refractivity contribution in [1.29, 1.82) is 0 Å². The van der Waals surface area contributed by atoms with Crippen LogP contribution in [0.1, 0.15) is 11.1 Å². The van der Waals surface area contributed by atoms with Gasteiger partial charge in [-0.05, 0) is 34.4 Å². The van der Waals surface area contributed by atoms with E-state index in [0.717, 1.165) is 6.42 Å². The molecule has 0 spiro atoms. The lowest BCUT2D eigenvalue weighted by Crippen LogP contribution is -1.79. The van der Waals surface area contributed by atoms with E-state index in [1.807, 2.05) is 0 Å². The van der Waals surface area contributed by atoms with Crippen LogP contribution in [0.4, 0.5) is 0 Å². The number of fused-ring (bicyclic) bond motifs is 1. The Morgan fingerprint density at radius 2 is 1.42 bits per heavy atom. The molecule has 0 atom stereocenters. The molecule has 92 valence electrons. The summed E-state index contributed by atoms with van der Waals surface area (Å²) < 4.78 is 0. The van der Waals surface area contributed by atoms with Gasteiger partial charge in [0.15, 0.2) is 0 Å². The van der Waals surface area contributed by atoms with Crippen molar-refractivity contribution in [2.45, 2.75) is 6.42 Å². The normalized spacial score (nSPS) is 11.2. The largest absolute Gasteiger partial charge is 0.0795 e. The number of hydrogen-bond donors (Lipinski definition) is 0. The first-order chi connectivity index (χ1) is 9.42. The highest BCUT2D eigenvalue weighted by atomic mass is 14.0. The Bertz CT molecular complexity index is 693. The molecule has 0 amide bonds. The first-order valence-electron chi connectivity index (χ1n) is 6.61. The average Bonchev–Trinajstić information content (AvgIpc) is 2.48. The first kappa shape index (κ1) is 11.7. The zero-order chi connectivity index (χ0) is 12.9. The van der Waals surface area contributed by atoms with E-state index in [4.69, 9.17) is 0 Å². The fraction of sp³-hybridized carbons (Fsp3) is 0.0526. The predicted molar refractivity (Wildman–Crippen MR) is 83.1 cm³/mol. The highest BCUT2D eigenvalue weighted by Crippen LogP contribution is 2.16. The molecular formula is C19H16. The highest BCUT2D eigenvalue weighted by molar-refractivity contribution is 5.84. The van der Waals surface area contributed by atoms with Gasteiger partial charge in [0.25, 0.3) is 0 Å². The molecule has 0 heterocycles. The lowest BCUT2D eigenvalue weighted by Gasteiger charge is -1.99. The molecule has 0 unspecified atom stereocenters. The van der Waals surface area contributed by atoms with Crippen molar-refractivity contribution in [3.63, 3.8) is 0 Å². The molecule has 0 heteroatoms. The maximum absolute atomic E-state index is 2.23. The van der Waals surface area contributed by atoms with Gasteiger partial charge in [0.1, 0.15) is 0 Å². The van der Waals surface area contributed by atoms with Crippen LogP contribution in [0.2, 0.25) is 0 Å². The van der Waals surface area contributed by atoms with Gasteiger partial charge < -0.3 is 0 Å². The van der Waals surface area contributed by atoms with Gasteiger partial charge in [-0.2, -0.15) is 0 Å². The van der Waals surface area contributed by atoms with Crippen molar-refractivity contribution < 1.29 is 0 Å². The Morgan fingerprint density at radius 1 is 0.684 bits per heavy atom. The summed E-state index contributed by atoms with van der Waals surface area (Å²) in [6, 6.07) is 25.6. The van der Waals surface area contributed by atoms with Gasteiger partial charge in [-0.3, -0.25) is 0 Å². The third kappa shape index (κ3) is 2.92. The zero-order valence-corrected chi connectivity index (χ0v) is 10.8. The molecule has 0 radical (unpaired) electrons. The van der Waals surface area contributed by atoms with E-state index in [9.17, 15) is 0 Å². The van der Waals surface area contributed by atoms with Gasteiger partial charge >= 0.3 is 0 Å². The lowest BCUT2D eigenvalue weighted by molar-refractivity contribution is 1.28. The Labute approximate surface area is 114 Å². The number of allylic oxidation sites excluding steroid dienone is 1. The van der Waals surface area contributed by atoms with Crippen LogP contribution in [0.3, 0.4) is 0 Å². The van der Waals surface area contributed by atoms with E-state index in [1.165, 1.54) is 21.9 Å². The van der Waals surface area contributed by atoms with Crippen molar-refractivity contribution in [3.05, 3.63) is 90.0 Å². The summed E-state index contributed by atoms with van der Waals surface area (Å²) in [5.41, 5.74) is 2.61. The van der Waals surface area contributed by atoms with Crippen molar-refractivity contribution in [3.8, 4) is 0 Å². The molecule has 0 aliphatic carbocycles. The summed E-state index contributed by atoms with van der Waals surface area (Å²) in [5, 5.41) is 2.59. The second-order valence-corrected chi connectivity index (χ2v) is 4.70. The van der Waals surface area contributed by atoms with E-state index in [2.05, 4.69) is 84.9 Å². The van der Waals surface area contributed by atoms with Crippen LogP contribution in [0.5, 0.6) is 0 Å². The van der Waals surface area contributed by atoms with Crippen molar-refractivity contribution in [2.75, 3.05) is 0 Å². The van der Waals surface area contributed by atoms with Crippen LogP contribution >= 0.6 is 0 Å². The minimum Gasteiger partial charge on any atom is -0.0795 e. The lowest BCUT2D eigenvalue weighted by atomic mass is 10.1. The van der Waals surface area contributed by atoms with Gasteiger partial charge in [0.2, 0.25) is 0 Å². The molecular weight excluding hydrogens is 228 g/mol. The first-order valence-corrected chi connectivity index (χ1v) is 6.61. The molecule has 0 bridgehead atoms. The summed E-state index contributed by atoms with van der Waals surface area (Å²) in [5.74, 6) is 0. The molecule has 0 aliphatic heterocycles. The molecule has 0 aliphatic rings. The van der Waals surface area contributed by atoms with Crippen molar-refractivity contribution in [2.24, 2.45) is 0 Å². The fourth-order valence-electron chi connectivity index (χ4n) is 2.26. The second kappa shape index (κ2) is 5.53. The summed E-state index contributed by atoms with van der Waals surface area (Å²) in [7, 11) is 0. The zero-order valence-electron chi connectivity index (χ0n) is 10.8. The maximum atomic E-state index is 2.23. The molecule has 0 nitrogen and oxygen atoms in total. The SMILES string of the molecule is C(=Cc1ccc2ccccc2c1)Cc1ccccc1. The summed E-state index contributed by atoms with van der Waals surface area (Å²) in [6.07, 6.45) is 5.40. The third-order valence-electron chi connectivity index (χ3n) is 3.28. The van der Waals surface area contributed by atoms with Crippen LogP contribution in [0.25, 0.3) is 16.8 Å². The van der Waals surface area contributed by atoms with E-state index in [1.54, 1.807) is 0 Å². The number of benzene rings is 3.